The van der Waals surface area contributed by atoms with Crippen LogP contribution in [0.25, 0.3) is 16.8 Å². The van der Waals surface area contributed by atoms with Gasteiger partial charge in [0.15, 0.2) is 0 Å². The molecule has 2 rings (SSSR count). The van der Waals surface area contributed by atoms with E-state index in [1.807, 2.05) is 18.2 Å². The first kappa shape index (κ1) is 13.1. The lowest BCUT2D eigenvalue weighted by Crippen LogP contribution is -1.98. The Morgan fingerprint density at radius 1 is 1.32 bits per heavy atom. The van der Waals surface area contributed by atoms with Crippen LogP contribution in [0.2, 0.25) is 0 Å². The highest BCUT2D eigenvalue weighted by atomic mass is 16.5. The average Bonchev–Trinajstić information content (AvgIpc) is 2.45. The zero-order valence-corrected chi connectivity index (χ0v) is 10.9. The highest BCUT2D eigenvalue weighted by molar-refractivity contribution is 5.97. The summed E-state index contributed by atoms with van der Waals surface area (Å²) < 4.78 is 10.2. The molecular weight excluding hydrogens is 242 g/mol. The Balaban J connectivity index is 2.42. The molecule has 98 valence electrons. The van der Waals surface area contributed by atoms with Crippen molar-refractivity contribution in [3.63, 3.8) is 0 Å². The second kappa shape index (κ2) is 6.00. The number of rotatable bonds is 4. The number of esters is 1. The van der Waals surface area contributed by atoms with Gasteiger partial charge >= 0.3 is 5.97 Å². The van der Waals surface area contributed by atoms with Crippen LogP contribution in [0.5, 0.6) is 5.75 Å². The molecule has 0 N–H and O–H groups in total. The van der Waals surface area contributed by atoms with Gasteiger partial charge in [0.25, 0.3) is 0 Å². The molecule has 0 unspecified atom stereocenters. The fourth-order valence-corrected chi connectivity index (χ4v) is 1.86. The number of carbonyl (C=O) groups excluding carboxylic acids is 1. The molecule has 0 aliphatic rings. The number of ether oxygens (including phenoxy) is 2. The minimum absolute atomic E-state index is 0.352. The van der Waals surface area contributed by atoms with Crippen molar-refractivity contribution in [1.82, 2.24) is 4.98 Å². The summed E-state index contributed by atoms with van der Waals surface area (Å²) in [4.78, 5) is 15.4. The van der Waals surface area contributed by atoms with Crippen molar-refractivity contribution in [3.8, 4) is 5.75 Å². The first-order chi connectivity index (χ1) is 9.26. The fraction of sp³-hybridized carbons (Fsp3) is 0.200. The van der Waals surface area contributed by atoms with Gasteiger partial charge in [0.1, 0.15) is 5.75 Å². The summed E-state index contributed by atoms with van der Waals surface area (Å²) in [5.74, 6) is 0.432. The minimum atomic E-state index is -0.352. The Kier molecular flexibility index (Phi) is 4.13. The molecule has 0 saturated heterocycles. The summed E-state index contributed by atoms with van der Waals surface area (Å²) in [6, 6.07) is 5.64. The van der Waals surface area contributed by atoms with Crippen molar-refractivity contribution in [2.45, 2.75) is 6.92 Å². The SMILES string of the molecule is CCOC(=O)/C=C/c1ccc(OC)c2ccncc12. The van der Waals surface area contributed by atoms with E-state index in [2.05, 4.69) is 4.98 Å². The van der Waals surface area contributed by atoms with Crippen molar-refractivity contribution in [2.75, 3.05) is 13.7 Å². The zero-order chi connectivity index (χ0) is 13.7. The van der Waals surface area contributed by atoms with E-state index < -0.39 is 0 Å². The minimum Gasteiger partial charge on any atom is -0.496 e. The smallest absolute Gasteiger partial charge is 0.330 e. The lowest BCUT2D eigenvalue weighted by atomic mass is 10.1. The van der Waals surface area contributed by atoms with Crippen LogP contribution < -0.4 is 4.74 Å². The highest BCUT2D eigenvalue weighted by Crippen LogP contribution is 2.28. The summed E-state index contributed by atoms with van der Waals surface area (Å²) >= 11 is 0. The number of hydrogen-bond donors (Lipinski definition) is 0. The van der Waals surface area contributed by atoms with E-state index in [-0.39, 0.29) is 5.97 Å². The Morgan fingerprint density at radius 3 is 2.89 bits per heavy atom. The topological polar surface area (TPSA) is 48.4 Å². The maximum Gasteiger partial charge on any atom is 0.330 e. The summed E-state index contributed by atoms with van der Waals surface area (Å²) in [6.45, 7) is 2.15. The number of benzene rings is 1. The molecule has 0 fully saturated rings. The largest absolute Gasteiger partial charge is 0.496 e. The molecule has 4 heteroatoms. The lowest BCUT2D eigenvalue weighted by Gasteiger charge is -2.07. The molecular formula is C15H15NO3. The van der Waals surface area contributed by atoms with E-state index in [0.29, 0.717) is 6.61 Å². The van der Waals surface area contributed by atoms with Gasteiger partial charge in [-0.1, -0.05) is 6.07 Å². The number of hydrogen-bond acceptors (Lipinski definition) is 4. The highest BCUT2D eigenvalue weighted by Gasteiger charge is 2.04. The first-order valence-corrected chi connectivity index (χ1v) is 6.01. The third-order valence-electron chi connectivity index (χ3n) is 2.72. The number of carbonyl (C=O) groups is 1. The second-order valence-corrected chi connectivity index (χ2v) is 3.86. The Bertz CT molecular complexity index is 620. The number of pyridine rings is 1. The van der Waals surface area contributed by atoms with E-state index in [1.165, 1.54) is 6.08 Å². The number of fused-ring (bicyclic) bond motifs is 1. The van der Waals surface area contributed by atoms with E-state index in [9.17, 15) is 4.79 Å². The maximum atomic E-state index is 11.3. The normalized spacial score (nSPS) is 10.8. The van der Waals surface area contributed by atoms with Crippen LogP contribution in [0, 0.1) is 0 Å². The molecule has 0 radical (unpaired) electrons. The Labute approximate surface area is 111 Å². The molecule has 1 aromatic heterocycles. The van der Waals surface area contributed by atoms with Crippen molar-refractivity contribution < 1.29 is 14.3 Å². The van der Waals surface area contributed by atoms with E-state index in [4.69, 9.17) is 9.47 Å². The fourth-order valence-electron chi connectivity index (χ4n) is 1.86. The van der Waals surface area contributed by atoms with Crippen LogP contribution in [0.1, 0.15) is 12.5 Å². The summed E-state index contributed by atoms with van der Waals surface area (Å²) in [7, 11) is 1.63. The monoisotopic (exact) mass is 257 g/mol. The molecule has 0 aliphatic carbocycles. The third kappa shape index (κ3) is 2.91. The summed E-state index contributed by atoms with van der Waals surface area (Å²) in [5.41, 5.74) is 0.900. The third-order valence-corrected chi connectivity index (χ3v) is 2.72. The van der Waals surface area contributed by atoms with Crippen molar-refractivity contribution in [3.05, 3.63) is 42.2 Å². The van der Waals surface area contributed by atoms with Crippen molar-refractivity contribution >= 4 is 22.8 Å². The summed E-state index contributed by atoms with van der Waals surface area (Å²) in [5, 5.41) is 1.89. The first-order valence-electron chi connectivity index (χ1n) is 6.01. The van der Waals surface area contributed by atoms with Crippen LogP contribution in [-0.2, 0) is 9.53 Å². The maximum absolute atomic E-state index is 11.3. The van der Waals surface area contributed by atoms with Gasteiger partial charge in [-0.3, -0.25) is 4.98 Å². The molecule has 1 aromatic carbocycles. The van der Waals surface area contributed by atoms with Gasteiger partial charge in [-0.2, -0.15) is 0 Å². The van der Waals surface area contributed by atoms with E-state index >= 15 is 0 Å². The van der Waals surface area contributed by atoms with Gasteiger partial charge in [-0.15, -0.1) is 0 Å². The van der Waals surface area contributed by atoms with Crippen LogP contribution in [0.3, 0.4) is 0 Å². The van der Waals surface area contributed by atoms with E-state index in [1.54, 1.807) is 32.5 Å². The van der Waals surface area contributed by atoms with Crippen molar-refractivity contribution in [1.29, 1.82) is 0 Å². The predicted molar refractivity (Wildman–Crippen MR) is 74.0 cm³/mol. The van der Waals surface area contributed by atoms with Gasteiger partial charge in [-0.25, -0.2) is 4.79 Å². The molecule has 0 bridgehead atoms. The van der Waals surface area contributed by atoms with Gasteiger partial charge < -0.3 is 9.47 Å². The molecule has 0 saturated carbocycles. The van der Waals surface area contributed by atoms with E-state index in [0.717, 1.165) is 22.1 Å². The summed E-state index contributed by atoms with van der Waals surface area (Å²) in [6.07, 6.45) is 6.60. The number of methoxy groups -OCH3 is 1. The predicted octanol–water partition coefficient (Wildman–Crippen LogP) is 2.82. The van der Waals surface area contributed by atoms with Gasteiger partial charge in [0.05, 0.1) is 13.7 Å². The number of nitrogens with zero attached hydrogens (tertiary/aromatic N) is 1. The lowest BCUT2D eigenvalue weighted by molar-refractivity contribution is -0.137. The molecule has 0 atom stereocenters. The zero-order valence-electron chi connectivity index (χ0n) is 10.9. The molecule has 0 aliphatic heterocycles. The standard InChI is InChI=1S/C15H15NO3/c1-3-19-15(17)7-5-11-4-6-14(18-2)12-8-9-16-10-13(11)12/h4-10H,3H2,1-2H3/b7-5+. The molecule has 4 nitrogen and oxygen atoms in total. The van der Waals surface area contributed by atoms with Gasteiger partial charge in [0, 0.05) is 29.2 Å². The second-order valence-electron chi connectivity index (χ2n) is 3.86. The molecule has 19 heavy (non-hydrogen) atoms. The van der Waals surface area contributed by atoms with Crippen LogP contribution in [0.15, 0.2) is 36.7 Å². The Hall–Kier alpha value is -2.36. The van der Waals surface area contributed by atoms with Crippen LogP contribution >= 0.6 is 0 Å². The average molecular weight is 257 g/mol. The molecule has 0 spiro atoms. The van der Waals surface area contributed by atoms with Crippen LogP contribution in [-0.4, -0.2) is 24.7 Å². The molecule has 1 heterocycles. The molecule has 0 amide bonds. The number of aromatic nitrogens is 1. The van der Waals surface area contributed by atoms with Crippen molar-refractivity contribution in [2.24, 2.45) is 0 Å². The molecule has 2 aromatic rings. The van der Waals surface area contributed by atoms with Gasteiger partial charge in [0.2, 0.25) is 0 Å². The van der Waals surface area contributed by atoms with Gasteiger partial charge in [-0.05, 0) is 30.7 Å². The Morgan fingerprint density at radius 2 is 2.16 bits per heavy atom. The van der Waals surface area contributed by atoms with Crippen LogP contribution in [0.4, 0.5) is 0 Å². The quantitative estimate of drug-likeness (QED) is 0.624.